The van der Waals surface area contributed by atoms with Crippen molar-refractivity contribution in [3.63, 3.8) is 0 Å². The number of carbonyl (C=O) groups is 3. The van der Waals surface area contributed by atoms with Crippen LogP contribution in [0.4, 0.5) is 11.4 Å². The second kappa shape index (κ2) is 11.8. The number of hydrogen-bond donors (Lipinski definition) is 2. The maximum atomic E-state index is 13.9. The van der Waals surface area contributed by atoms with E-state index in [0.29, 0.717) is 49.1 Å². The molecule has 2 aliphatic rings. The lowest BCUT2D eigenvalue weighted by Crippen LogP contribution is -2.32. The van der Waals surface area contributed by atoms with Crippen molar-refractivity contribution in [2.45, 2.75) is 16.2 Å². The van der Waals surface area contributed by atoms with E-state index in [1.54, 1.807) is 66.7 Å². The molecule has 10 nitrogen and oxygen atoms in total. The van der Waals surface area contributed by atoms with E-state index in [1.165, 1.54) is 30.9 Å². The Morgan fingerprint density at radius 2 is 1.70 bits per heavy atom. The van der Waals surface area contributed by atoms with Crippen molar-refractivity contribution in [3.05, 3.63) is 91.9 Å². The first-order valence-corrected chi connectivity index (χ1v) is 15.1. The molecule has 3 aromatic carbocycles. The molecule has 0 bridgehead atoms. The van der Waals surface area contributed by atoms with Crippen LogP contribution < -0.4 is 29.3 Å². The maximum Gasteiger partial charge on any atom is 0.305 e. The van der Waals surface area contributed by atoms with Gasteiger partial charge in [-0.15, -0.1) is 0 Å². The van der Waals surface area contributed by atoms with Crippen LogP contribution in [-0.2, 0) is 14.4 Å². The number of halogens is 1. The van der Waals surface area contributed by atoms with E-state index in [9.17, 15) is 19.2 Å². The summed E-state index contributed by atoms with van der Waals surface area (Å²) < 4.78 is 16.6. The number of nitrogens with one attached hydrogen (secondary N) is 2. The molecule has 0 saturated carbocycles. The monoisotopic (exact) mass is 637 g/mol. The molecule has 1 saturated heterocycles. The summed E-state index contributed by atoms with van der Waals surface area (Å²) in [7, 11) is 3.01. The predicted molar refractivity (Wildman–Crippen MR) is 164 cm³/mol. The van der Waals surface area contributed by atoms with Crippen molar-refractivity contribution in [1.82, 2.24) is 4.98 Å². The first-order chi connectivity index (χ1) is 20.8. The fraction of sp³-hybridized carbons (Fsp3) is 0.200. The van der Waals surface area contributed by atoms with Crippen LogP contribution in [0, 0.1) is 5.92 Å². The molecule has 1 fully saturated rings. The van der Waals surface area contributed by atoms with Crippen LogP contribution in [0.2, 0.25) is 5.02 Å². The zero-order chi connectivity index (χ0) is 30.2. The van der Waals surface area contributed by atoms with Crippen molar-refractivity contribution < 1.29 is 28.6 Å². The molecule has 6 rings (SSSR count). The molecule has 220 valence electrons. The molecule has 0 aliphatic carbocycles. The van der Waals surface area contributed by atoms with Crippen LogP contribution in [-0.4, -0.2) is 48.8 Å². The highest BCUT2D eigenvalue weighted by atomic mass is 35.5. The minimum Gasteiger partial charge on any atom is -0.497 e. The third-order valence-corrected chi connectivity index (χ3v) is 9.84. The summed E-state index contributed by atoms with van der Waals surface area (Å²) in [6.07, 6.45) is 0. The second-order valence-corrected chi connectivity index (χ2v) is 12.3. The topological polar surface area (TPSA) is 127 Å². The van der Waals surface area contributed by atoms with Gasteiger partial charge < -0.3 is 24.5 Å². The van der Waals surface area contributed by atoms with Crippen molar-refractivity contribution in [2.75, 3.05) is 31.0 Å². The Balaban J connectivity index is 1.29. The Morgan fingerprint density at radius 3 is 2.40 bits per heavy atom. The van der Waals surface area contributed by atoms with Crippen molar-refractivity contribution >= 4 is 63.8 Å². The van der Waals surface area contributed by atoms with Gasteiger partial charge in [-0.1, -0.05) is 40.8 Å². The molecule has 3 heterocycles. The number of ether oxygens (including phenoxy) is 3. The van der Waals surface area contributed by atoms with Gasteiger partial charge >= 0.3 is 4.87 Å². The van der Waals surface area contributed by atoms with Gasteiger partial charge in [0.1, 0.15) is 11.0 Å². The highest BCUT2D eigenvalue weighted by Crippen LogP contribution is 2.53. The number of nitrogens with zero attached hydrogens (tertiary/aromatic N) is 1. The zero-order valence-corrected chi connectivity index (χ0v) is 25.2. The lowest BCUT2D eigenvalue weighted by Gasteiger charge is -2.30. The Hall–Kier alpha value is -4.26. The van der Waals surface area contributed by atoms with Gasteiger partial charge in [0.15, 0.2) is 18.1 Å². The van der Waals surface area contributed by atoms with E-state index in [4.69, 9.17) is 25.8 Å². The summed E-state index contributed by atoms with van der Waals surface area (Å²) in [5.74, 6) is -1.20. The highest BCUT2D eigenvalue weighted by molar-refractivity contribution is 8.00. The molecule has 43 heavy (non-hydrogen) atoms. The smallest absolute Gasteiger partial charge is 0.305 e. The fourth-order valence-corrected chi connectivity index (χ4v) is 7.87. The average molecular weight is 638 g/mol. The minimum atomic E-state index is -0.764. The number of thioether (sulfide) groups is 1. The zero-order valence-electron chi connectivity index (χ0n) is 22.8. The molecule has 4 aromatic rings. The lowest BCUT2D eigenvalue weighted by molar-refractivity contribution is -0.122. The summed E-state index contributed by atoms with van der Waals surface area (Å²) in [4.78, 5) is 56.9. The summed E-state index contributed by atoms with van der Waals surface area (Å²) in [5.41, 5.74) is 1.68. The second-order valence-electron chi connectivity index (χ2n) is 9.71. The Kier molecular flexibility index (Phi) is 7.91. The predicted octanol–water partition coefficient (Wildman–Crippen LogP) is 4.92. The number of methoxy groups -OCH3 is 2. The third-order valence-electron chi connectivity index (χ3n) is 7.19. The number of anilines is 2. The first kappa shape index (κ1) is 28.8. The molecular formula is C30H24ClN3O7S2. The fourth-order valence-electron chi connectivity index (χ4n) is 5.23. The van der Waals surface area contributed by atoms with Gasteiger partial charge in [0, 0.05) is 21.5 Å². The number of thiazole rings is 1. The van der Waals surface area contributed by atoms with Crippen LogP contribution in [0.15, 0.2) is 76.6 Å². The van der Waals surface area contributed by atoms with Crippen molar-refractivity contribution in [2.24, 2.45) is 5.92 Å². The molecule has 1 aromatic heterocycles. The summed E-state index contributed by atoms with van der Waals surface area (Å²) in [5, 5.41) is 3.11. The van der Waals surface area contributed by atoms with Gasteiger partial charge in [-0.3, -0.25) is 19.2 Å². The normalized spacial score (nSPS) is 19.0. The summed E-state index contributed by atoms with van der Waals surface area (Å²) in [6, 6.07) is 18.5. The van der Waals surface area contributed by atoms with Crippen LogP contribution in [0.25, 0.3) is 0 Å². The van der Waals surface area contributed by atoms with Gasteiger partial charge in [0.05, 0.1) is 30.9 Å². The van der Waals surface area contributed by atoms with Crippen LogP contribution in [0.1, 0.15) is 16.4 Å². The SMILES string of the molecule is COc1ccc(N2C(=O)C3Sc4[nH]c(=O)sc4[C@H](c4ccc(OCC(=O)Nc5ccc(Cl)cc5)c(OC)c4)C3C2=O)cc1. The van der Waals surface area contributed by atoms with Gasteiger partial charge in [-0.05, 0) is 66.2 Å². The number of H-pyrrole nitrogens is 1. The number of fused-ring (bicyclic) bond motifs is 2. The number of aromatic nitrogens is 1. The van der Waals surface area contributed by atoms with Crippen LogP contribution in [0.5, 0.6) is 17.2 Å². The molecule has 0 radical (unpaired) electrons. The molecule has 2 unspecified atom stereocenters. The standard InChI is InChI=1S/C30H24ClN3O7S2/c1-39-19-10-8-18(9-11-19)34-28(36)24-23(25-27(33-30(38)43-25)42-26(24)29(34)37)15-3-12-20(21(13-15)40-2)41-14-22(35)32-17-6-4-16(31)5-7-17/h3-13,23-24,26H,14H2,1-2H3,(H,32,35)(H,33,38)/t23-,24?,26?/m1/s1. The van der Waals surface area contributed by atoms with Gasteiger partial charge in [0.2, 0.25) is 11.8 Å². The number of rotatable bonds is 8. The first-order valence-electron chi connectivity index (χ1n) is 13.0. The summed E-state index contributed by atoms with van der Waals surface area (Å²) in [6.45, 7) is -0.281. The molecule has 3 amide bonds. The number of imide groups is 1. The van der Waals surface area contributed by atoms with Crippen molar-refractivity contribution in [1.29, 1.82) is 0 Å². The van der Waals surface area contributed by atoms with E-state index in [1.807, 2.05) is 0 Å². The Morgan fingerprint density at radius 1 is 0.953 bits per heavy atom. The average Bonchev–Trinajstić information content (AvgIpc) is 3.51. The molecule has 3 atom stereocenters. The molecule has 2 N–H and O–H groups in total. The van der Waals surface area contributed by atoms with Crippen LogP contribution >= 0.6 is 34.7 Å². The van der Waals surface area contributed by atoms with E-state index < -0.39 is 17.1 Å². The number of aromatic amines is 1. The van der Waals surface area contributed by atoms with Crippen molar-refractivity contribution in [3.8, 4) is 17.2 Å². The number of benzene rings is 3. The Bertz CT molecular complexity index is 1770. The molecule has 13 heteroatoms. The van der Waals surface area contributed by atoms with Gasteiger partial charge in [0.25, 0.3) is 5.91 Å². The van der Waals surface area contributed by atoms with E-state index >= 15 is 0 Å². The van der Waals surface area contributed by atoms with Gasteiger partial charge in [-0.2, -0.15) is 0 Å². The largest absolute Gasteiger partial charge is 0.497 e. The van der Waals surface area contributed by atoms with Crippen LogP contribution in [0.3, 0.4) is 0 Å². The number of hydrogen-bond acceptors (Lipinski definition) is 9. The molecule has 2 aliphatic heterocycles. The maximum absolute atomic E-state index is 13.9. The van der Waals surface area contributed by atoms with E-state index in [-0.39, 0.29) is 29.2 Å². The Labute approximate surface area is 258 Å². The third kappa shape index (κ3) is 5.49. The van der Waals surface area contributed by atoms with E-state index in [2.05, 4.69) is 10.3 Å². The molecular weight excluding hydrogens is 614 g/mol. The quantitative estimate of drug-likeness (QED) is 0.261. The highest BCUT2D eigenvalue weighted by Gasteiger charge is 2.56. The number of carbonyl (C=O) groups excluding carboxylic acids is 3. The minimum absolute atomic E-state index is 0.270. The van der Waals surface area contributed by atoms with E-state index in [0.717, 1.165) is 11.3 Å². The molecule has 0 spiro atoms. The van der Waals surface area contributed by atoms with Gasteiger partial charge in [-0.25, -0.2) is 4.90 Å². The number of amides is 3. The lowest BCUT2D eigenvalue weighted by atomic mass is 9.83. The summed E-state index contributed by atoms with van der Waals surface area (Å²) >= 11 is 8.12.